The summed E-state index contributed by atoms with van der Waals surface area (Å²) in [6.07, 6.45) is 1.45. The van der Waals surface area contributed by atoms with Crippen LogP contribution < -0.4 is 0 Å². The number of ketones is 1. The van der Waals surface area contributed by atoms with Crippen molar-refractivity contribution in [2.24, 2.45) is 0 Å². The lowest BCUT2D eigenvalue weighted by Crippen LogP contribution is -2.39. The first-order valence-electron chi connectivity index (χ1n) is 6.69. The van der Waals surface area contributed by atoms with E-state index in [1.165, 1.54) is 6.26 Å². The van der Waals surface area contributed by atoms with Crippen molar-refractivity contribution in [3.8, 4) is 0 Å². The molecule has 5 heteroatoms. The first kappa shape index (κ1) is 15.0. The van der Waals surface area contributed by atoms with Crippen LogP contribution in [0.4, 0.5) is 0 Å². The van der Waals surface area contributed by atoms with Crippen LogP contribution >= 0.6 is 0 Å². The summed E-state index contributed by atoms with van der Waals surface area (Å²) in [5, 5.41) is 11.4. The summed E-state index contributed by atoms with van der Waals surface area (Å²) < 4.78 is 5.09. The number of Topliss-reactive ketones (excluding diaryl/α,β-unsaturated/α-hetero) is 1. The first-order valence-corrected chi connectivity index (χ1v) is 6.69. The second-order valence-corrected chi connectivity index (χ2v) is 5.48. The summed E-state index contributed by atoms with van der Waals surface area (Å²) in [5.74, 6) is -0.523. The van der Waals surface area contributed by atoms with Crippen molar-refractivity contribution in [3.63, 3.8) is 0 Å². The second kappa shape index (κ2) is 5.91. The van der Waals surface area contributed by atoms with E-state index in [0.717, 1.165) is 5.56 Å². The van der Waals surface area contributed by atoms with Crippen molar-refractivity contribution < 1.29 is 14.1 Å². The summed E-state index contributed by atoms with van der Waals surface area (Å²) in [4.78, 5) is 23.3. The second-order valence-electron chi connectivity index (χ2n) is 5.48. The number of nitro groups is 1. The molecule has 1 aromatic carbocycles. The van der Waals surface area contributed by atoms with E-state index in [4.69, 9.17) is 4.42 Å². The number of benzene rings is 1. The van der Waals surface area contributed by atoms with Crippen LogP contribution in [0.5, 0.6) is 0 Å². The molecule has 0 saturated heterocycles. The fraction of sp³-hybridized carbons (Fsp3) is 0.312. The topological polar surface area (TPSA) is 73.3 Å². The third-order valence-electron chi connectivity index (χ3n) is 3.71. The lowest BCUT2D eigenvalue weighted by molar-refractivity contribution is -0.565. The van der Waals surface area contributed by atoms with Gasteiger partial charge in [-0.1, -0.05) is 30.3 Å². The number of hydrogen-bond donors (Lipinski definition) is 0. The molecule has 1 atom stereocenters. The van der Waals surface area contributed by atoms with Gasteiger partial charge in [-0.25, -0.2) is 0 Å². The monoisotopic (exact) mass is 287 g/mol. The van der Waals surface area contributed by atoms with Gasteiger partial charge in [0, 0.05) is 25.2 Å². The van der Waals surface area contributed by atoms with Gasteiger partial charge in [0.2, 0.25) is 5.54 Å². The molecule has 0 spiro atoms. The van der Waals surface area contributed by atoms with Gasteiger partial charge in [0.05, 0.1) is 12.2 Å². The highest BCUT2D eigenvalue weighted by atomic mass is 16.6. The number of rotatable bonds is 6. The molecule has 0 saturated carbocycles. The highest BCUT2D eigenvalue weighted by Crippen LogP contribution is 2.34. The quantitative estimate of drug-likeness (QED) is 0.461. The van der Waals surface area contributed by atoms with Gasteiger partial charge < -0.3 is 4.42 Å². The van der Waals surface area contributed by atoms with Crippen molar-refractivity contribution >= 4 is 5.78 Å². The third kappa shape index (κ3) is 3.18. The van der Waals surface area contributed by atoms with Gasteiger partial charge in [-0.05, 0) is 17.7 Å². The molecule has 0 aliphatic heterocycles. The molecule has 2 aromatic rings. The largest absolute Gasteiger partial charge is 0.461 e. The van der Waals surface area contributed by atoms with E-state index in [1.54, 1.807) is 26.0 Å². The van der Waals surface area contributed by atoms with Gasteiger partial charge in [0.25, 0.3) is 0 Å². The van der Waals surface area contributed by atoms with Crippen LogP contribution in [0.1, 0.15) is 42.3 Å². The minimum atomic E-state index is -1.25. The fourth-order valence-corrected chi connectivity index (χ4v) is 2.31. The van der Waals surface area contributed by atoms with Gasteiger partial charge in [-0.2, -0.15) is 0 Å². The molecule has 0 aliphatic carbocycles. The Morgan fingerprint density at radius 1 is 1.24 bits per heavy atom. The molecule has 2 rings (SSSR count). The molecule has 5 nitrogen and oxygen atoms in total. The number of carbonyl (C=O) groups is 1. The Kier molecular flexibility index (Phi) is 4.21. The van der Waals surface area contributed by atoms with Crippen molar-refractivity contribution in [2.45, 2.75) is 31.7 Å². The van der Waals surface area contributed by atoms with Crippen LogP contribution in [-0.2, 0) is 0 Å². The smallest absolute Gasteiger partial charge is 0.223 e. The van der Waals surface area contributed by atoms with E-state index in [0.29, 0.717) is 0 Å². The molecule has 0 amide bonds. The van der Waals surface area contributed by atoms with Gasteiger partial charge in [-0.3, -0.25) is 14.9 Å². The van der Waals surface area contributed by atoms with E-state index in [1.807, 2.05) is 30.3 Å². The lowest BCUT2D eigenvalue weighted by Gasteiger charge is -2.26. The minimum Gasteiger partial charge on any atom is -0.461 e. The SMILES string of the molecule is CC(C)(C(CC(=O)c1ccco1)c1ccccc1)[N+](=O)[O-]. The summed E-state index contributed by atoms with van der Waals surface area (Å²) in [5.41, 5.74) is -0.469. The zero-order chi connectivity index (χ0) is 15.5. The Balaban J connectivity index is 2.33. The molecule has 0 N–H and O–H groups in total. The van der Waals surface area contributed by atoms with Crippen molar-refractivity contribution in [2.75, 3.05) is 0 Å². The predicted molar refractivity (Wildman–Crippen MR) is 77.9 cm³/mol. The molecular weight excluding hydrogens is 270 g/mol. The van der Waals surface area contributed by atoms with Crippen molar-refractivity contribution in [1.82, 2.24) is 0 Å². The Morgan fingerprint density at radius 3 is 2.43 bits per heavy atom. The fourth-order valence-electron chi connectivity index (χ4n) is 2.31. The van der Waals surface area contributed by atoms with Gasteiger partial charge in [0.1, 0.15) is 0 Å². The maximum atomic E-state index is 12.2. The predicted octanol–water partition coefficient (Wildman–Crippen LogP) is 3.69. The molecule has 110 valence electrons. The number of hydrogen-bond acceptors (Lipinski definition) is 4. The number of furan rings is 1. The normalized spacial score (nSPS) is 12.9. The summed E-state index contributed by atoms with van der Waals surface area (Å²) in [6.45, 7) is 3.08. The number of nitrogens with zero attached hydrogens (tertiary/aromatic N) is 1. The molecule has 1 unspecified atom stereocenters. The van der Waals surface area contributed by atoms with Crippen LogP contribution in [-0.4, -0.2) is 16.2 Å². The standard InChI is InChI=1S/C16H17NO4/c1-16(2,17(19)20)13(12-7-4-3-5-8-12)11-14(18)15-9-6-10-21-15/h3-10,13H,11H2,1-2H3. The first-order chi connectivity index (χ1) is 9.93. The molecule has 21 heavy (non-hydrogen) atoms. The van der Waals surface area contributed by atoms with Crippen LogP contribution in [0, 0.1) is 10.1 Å². The molecule has 0 aliphatic rings. The zero-order valence-electron chi connectivity index (χ0n) is 12.0. The van der Waals surface area contributed by atoms with Crippen molar-refractivity contribution in [3.05, 3.63) is 70.2 Å². The minimum absolute atomic E-state index is 0.0332. The summed E-state index contributed by atoms with van der Waals surface area (Å²) in [6, 6.07) is 12.3. The van der Waals surface area contributed by atoms with Gasteiger partial charge in [0.15, 0.2) is 11.5 Å². The third-order valence-corrected chi connectivity index (χ3v) is 3.71. The molecule has 1 heterocycles. The summed E-state index contributed by atoms with van der Waals surface area (Å²) >= 11 is 0. The maximum Gasteiger partial charge on any atom is 0.223 e. The summed E-state index contributed by atoms with van der Waals surface area (Å²) in [7, 11) is 0. The highest BCUT2D eigenvalue weighted by Gasteiger charge is 2.43. The van der Waals surface area contributed by atoms with E-state index < -0.39 is 11.5 Å². The van der Waals surface area contributed by atoms with Crippen LogP contribution in [0.2, 0.25) is 0 Å². The van der Waals surface area contributed by atoms with Gasteiger partial charge in [-0.15, -0.1) is 0 Å². The van der Waals surface area contributed by atoms with E-state index >= 15 is 0 Å². The molecule has 0 bridgehead atoms. The van der Waals surface area contributed by atoms with E-state index in [9.17, 15) is 14.9 Å². The Labute approximate surface area is 122 Å². The average molecular weight is 287 g/mol. The zero-order valence-corrected chi connectivity index (χ0v) is 12.0. The van der Waals surface area contributed by atoms with Crippen LogP contribution in [0.3, 0.4) is 0 Å². The Morgan fingerprint density at radius 2 is 1.90 bits per heavy atom. The average Bonchev–Trinajstić information content (AvgIpc) is 2.99. The lowest BCUT2D eigenvalue weighted by atomic mass is 9.79. The van der Waals surface area contributed by atoms with Crippen molar-refractivity contribution in [1.29, 1.82) is 0 Å². The molecule has 0 radical (unpaired) electrons. The van der Waals surface area contributed by atoms with Gasteiger partial charge >= 0.3 is 0 Å². The highest BCUT2D eigenvalue weighted by molar-refractivity contribution is 5.94. The maximum absolute atomic E-state index is 12.2. The Bertz CT molecular complexity index is 617. The van der Waals surface area contributed by atoms with E-state index in [2.05, 4.69) is 0 Å². The molecule has 0 fully saturated rings. The Hall–Kier alpha value is -2.43. The molecule has 1 aromatic heterocycles. The van der Waals surface area contributed by atoms with E-state index in [-0.39, 0.29) is 22.9 Å². The molecular formula is C16H17NO4. The van der Waals surface area contributed by atoms with Crippen LogP contribution in [0.15, 0.2) is 53.1 Å². The number of carbonyl (C=O) groups excluding carboxylic acids is 1. The van der Waals surface area contributed by atoms with Crippen LogP contribution in [0.25, 0.3) is 0 Å².